The maximum Gasteiger partial charge on any atom is 0.191 e. The molecule has 0 atom stereocenters. The standard InChI is InChI=1S/C18H31FN4/c1-5-23(6-2)12-8-7-11-21-18(20-4)22-14-16-10-9-15(3)17(19)13-16/h9-10,13H,5-8,11-12,14H2,1-4H3,(H2,20,21,22). The summed E-state index contributed by atoms with van der Waals surface area (Å²) in [6.45, 7) is 11.0. The minimum Gasteiger partial charge on any atom is -0.356 e. The molecule has 0 saturated carbocycles. The summed E-state index contributed by atoms with van der Waals surface area (Å²) in [6.07, 6.45) is 2.28. The minimum absolute atomic E-state index is 0.163. The first-order chi connectivity index (χ1) is 11.1. The van der Waals surface area contributed by atoms with Crippen molar-refractivity contribution in [2.45, 2.75) is 40.2 Å². The number of halogens is 1. The summed E-state index contributed by atoms with van der Waals surface area (Å²) in [7, 11) is 1.75. The van der Waals surface area contributed by atoms with Crippen molar-refractivity contribution in [2.75, 3.05) is 33.2 Å². The number of benzene rings is 1. The molecule has 1 rings (SSSR count). The molecule has 0 aliphatic carbocycles. The number of rotatable bonds is 9. The Bertz CT molecular complexity index is 484. The zero-order valence-electron chi connectivity index (χ0n) is 15.0. The van der Waals surface area contributed by atoms with Crippen LogP contribution >= 0.6 is 0 Å². The van der Waals surface area contributed by atoms with Crippen LogP contribution in [-0.2, 0) is 6.54 Å². The molecule has 1 aromatic rings. The lowest BCUT2D eigenvalue weighted by molar-refractivity contribution is 0.297. The number of aliphatic imine (C=N–C) groups is 1. The van der Waals surface area contributed by atoms with E-state index in [2.05, 4.69) is 34.4 Å². The highest BCUT2D eigenvalue weighted by molar-refractivity contribution is 5.79. The van der Waals surface area contributed by atoms with E-state index in [-0.39, 0.29) is 5.82 Å². The molecule has 0 heterocycles. The van der Waals surface area contributed by atoms with E-state index in [1.54, 1.807) is 26.1 Å². The maximum atomic E-state index is 13.5. The number of hydrogen-bond acceptors (Lipinski definition) is 2. The molecule has 5 heteroatoms. The Morgan fingerprint density at radius 2 is 1.91 bits per heavy atom. The molecule has 4 nitrogen and oxygen atoms in total. The fourth-order valence-electron chi connectivity index (χ4n) is 2.36. The number of hydrogen-bond donors (Lipinski definition) is 2. The van der Waals surface area contributed by atoms with E-state index in [0.717, 1.165) is 44.1 Å². The average Bonchev–Trinajstić information content (AvgIpc) is 2.56. The van der Waals surface area contributed by atoms with Crippen molar-refractivity contribution in [1.29, 1.82) is 0 Å². The molecule has 0 fully saturated rings. The van der Waals surface area contributed by atoms with Gasteiger partial charge >= 0.3 is 0 Å². The second-order valence-corrected chi connectivity index (χ2v) is 5.67. The third-order valence-electron chi connectivity index (χ3n) is 4.01. The number of nitrogens with zero attached hydrogens (tertiary/aromatic N) is 2. The first-order valence-electron chi connectivity index (χ1n) is 8.52. The maximum absolute atomic E-state index is 13.5. The molecule has 0 amide bonds. The molecule has 0 spiro atoms. The van der Waals surface area contributed by atoms with E-state index >= 15 is 0 Å². The lowest BCUT2D eigenvalue weighted by Gasteiger charge is -2.18. The predicted octanol–water partition coefficient (Wildman–Crippen LogP) is 2.92. The van der Waals surface area contributed by atoms with E-state index in [4.69, 9.17) is 0 Å². The number of nitrogens with one attached hydrogen (secondary N) is 2. The van der Waals surface area contributed by atoms with E-state index < -0.39 is 0 Å². The number of unbranched alkanes of at least 4 members (excludes halogenated alkanes) is 1. The fraction of sp³-hybridized carbons (Fsp3) is 0.611. The van der Waals surface area contributed by atoms with Crippen molar-refractivity contribution in [2.24, 2.45) is 4.99 Å². The first kappa shape index (κ1) is 19.4. The molecule has 0 aliphatic rings. The van der Waals surface area contributed by atoms with E-state index in [0.29, 0.717) is 12.1 Å². The van der Waals surface area contributed by atoms with Gasteiger partial charge in [-0.25, -0.2) is 4.39 Å². The topological polar surface area (TPSA) is 39.7 Å². The highest BCUT2D eigenvalue weighted by atomic mass is 19.1. The van der Waals surface area contributed by atoms with Gasteiger partial charge in [0.15, 0.2) is 5.96 Å². The highest BCUT2D eigenvalue weighted by Gasteiger charge is 2.02. The van der Waals surface area contributed by atoms with Crippen LogP contribution in [0.3, 0.4) is 0 Å². The molecule has 0 unspecified atom stereocenters. The van der Waals surface area contributed by atoms with Gasteiger partial charge in [0.25, 0.3) is 0 Å². The zero-order valence-corrected chi connectivity index (χ0v) is 15.0. The van der Waals surface area contributed by atoms with Gasteiger partial charge in [0.1, 0.15) is 5.82 Å². The first-order valence-corrected chi connectivity index (χ1v) is 8.52. The Morgan fingerprint density at radius 3 is 2.52 bits per heavy atom. The molecule has 130 valence electrons. The zero-order chi connectivity index (χ0) is 17.1. The fourth-order valence-corrected chi connectivity index (χ4v) is 2.36. The Kier molecular flexibility index (Phi) is 9.29. The largest absolute Gasteiger partial charge is 0.356 e. The van der Waals surface area contributed by atoms with Crippen LogP contribution in [-0.4, -0.2) is 44.1 Å². The van der Waals surface area contributed by atoms with Gasteiger partial charge in [0.2, 0.25) is 0 Å². The van der Waals surface area contributed by atoms with Crippen LogP contribution in [0.4, 0.5) is 4.39 Å². The average molecular weight is 322 g/mol. The lowest BCUT2D eigenvalue weighted by Crippen LogP contribution is -2.37. The summed E-state index contributed by atoms with van der Waals surface area (Å²) in [5, 5.41) is 6.52. The van der Waals surface area contributed by atoms with Crippen molar-refractivity contribution in [3.05, 3.63) is 35.1 Å². The summed E-state index contributed by atoms with van der Waals surface area (Å²) in [6, 6.07) is 5.30. The van der Waals surface area contributed by atoms with Gasteiger partial charge in [-0.1, -0.05) is 26.0 Å². The monoisotopic (exact) mass is 322 g/mol. The summed E-state index contributed by atoms with van der Waals surface area (Å²) >= 11 is 0. The van der Waals surface area contributed by atoms with Crippen molar-refractivity contribution < 1.29 is 4.39 Å². The van der Waals surface area contributed by atoms with Crippen LogP contribution in [0.15, 0.2) is 23.2 Å². The van der Waals surface area contributed by atoms with Crippen LogP contribution in [0, 0.1) is 12.7 Å². The van der Waals surface area contributed by atoms with Gasteiger partial charge in [-0.05, 0) is 56.6 Å². The van der Waals surface area contributed by atoms with Crippen LogP contribution in [0.2, 0.25) is 0 Å². The van der Waals surface area contributed by atoms with Gasteiger partial charge in [-0.2, -0.15) is 0 Å². The van der Waals surface area contributed by atoms with E-state index in [9.17, 15) is 4.39 Å². The van der Waals surface area contributed by atoms with Crippen molar-refractivity contribution in [1.82, 2.24) is 15.5 Å². The molecule has 0 radical (unpaired) electrons. The van der Waals surface area contributed by atoms with Gasteiger partial charge < -0.3 is 15.5 Å². The highest BCUT2D eigenvalue weighted by Crippen LogP contribution is 2.08. The van der Waals surface area contributed by atoms with Crippen LogP contribution in [0.5, 0.6) is 0 Å². The second kappa shape index (κ2) is 11.0. The van der Waals surface area contributed by atoms with Gasteiger partial charge in [-0.3, -0.25) is 4.99 Å². The van der Waals surface area contributed by atoms with Crippen LogP contribution < -0.4 is 10.6 Å². The molecular weight excluding hydrogens is 291 g/mol. The normalized spacial score (nSPS) is 11.8. The quantitative estimate of drug-likeness (QED) is 0.417. The summed E-state index contributed by atoms with van der Waals surface area (Å²) in [4.78, 5) is 6.63. The molecule has 0 aliphatic heterocycles. The van der Waals surface area contributed by atoms with Gasteiger partial charge in [-0.15, -0.1) is 0 Å². The second-order valence-electron chi connectivity index (χ2n) is 5.67. The van der Waals surface area contributed by atoms with Crippen LogP contribution in [0.25, 0.3) is 0 Å². The van der Waals surface area contributed by atoms with Crippen molar-refractivity contribution >= 4 is 5.96 Å². The van der Waals surface area contributed by atoms with E-state index in [1.807, 2.05) is 6.07 Å². The molecule has 0 saturated heterocycles. The lowest BCUT2D eigenvalue weighted by atomic mass is 10.1. The third kappa shape index (κ3) is 7.46. The minimum atomic E-state index is -0.163. The molecule has 1 aromatic carbocycles. The predicted molar refractivity (Wildman–Crippen MR) is 96.4 cm³/mol. The summed E-state index contributed by atoms with van der Waals surface area (Å²) in [5.74, 6) is 0.595. The Hall–Kier alpha value is -1.62. The number of guanidine groups is 1. The summed E-state index contributed by atoms with van der Waals surface area (Å²) in [5.41, 5.74) is 1.59. The third-order valence-corrected chi connectivity index (χ3v) is 4.01. The van der Waals surface area contributed by atoms with Crippen LogP contribution in [0.1, 0.15) is 37.8 Å². The molecule has 0 bridgehead atoms. The molecule has 2 N–H and O–H groups in total. The SMILES string of the molecule is CCN(CC)CCCCNC(=NC)NCc1ccc(C)c(F)c1. The Labute approximate surface area is 140 Å². The van der Waals surface area contributed by atoms with Gasteiger partial charge in [0, 0.05) is 20.1 Å². The van der Waals surface area contributed by atoms with Crippen molar-refractivity contribution in [3.8, 4) is 0 Å². The Morgan fingerprint density at radius 1 is 1.17 bits per heavy atom. The molecule has 23 heavy (non-hydrogen) atoms. The number of aryl methyl sites for hydroxylation is 1. The molecule has 0 aromatic heterocycles. The van der Waals surface area contributed by atoms with Gasteiger partial charge in [0.05, 0.1) is 0 Å². The summed E-state index contributed by atoms with van der Waals surface area (Å²) < 4.78 is 13.5. The molecular formula is C18H31FN4. The van der Waals surface area contributed by atoms with Crippen molar-refractivity contribution in [3.63, 3.8) is 0 Å². The van der Waals surface area contributed by atoms with E-state index in [1.165, 1.54) is 6.42 Å². The smallest absolute Gasteiger partial charge is 0.191 e. The Balaban J connectivity index is 2.25.